The number of carbonyl (C=O) groups excluding carboxylic acids is 2. The summed E-state index contributed by atoms with van der Waals surface area (Å²) >= 11 is 0. The number of nitrogens with one attached hydrogen (secondary N) is 1. The molecule has 0 radical (unpaired) electrons. The molecule has 0 heterocycles. The van der Waals surface area contributed by atoms with Crippen molar-refractivity contribution in [3.05, 3.63) is 65.2 Å². The number of aryl methyl sites for hydroxylation is 2. The molecule has 2 unspecified atom stereocenters. The molecule has 0 aliphatic rings. The number of sulfonamides is 1. The zero-order valence-corrected chi connectivity index (χ0v) is 21.1. The molecule has 2 atom stereocenters. The molecule has 0 bridgehead atoms. The van der Waals surface area contributed by atoms with Gasteiger partial charge in [-0.3, -0.25) is 13.9 Å². The van der Waals surface area contributed by atoms with E-state index in [0.717, 1.165) is 33.7 Å². The molecule has 0 saturated heterocycles. The lowest BCUT2D eigenvalue weighted by Crippen LogP contribution is -2.52. The first kappa shape index (κ1) is 26.4. The second kappa shape index (κ2) is 11.3. The lowest BCUT2D eigenvalue weighted by atomic mass is 10.1. The summed E-state index contributed by atoms with van der Waals surface area (Å²) < 4.78 is 26.6. The minimum atomic E-state index is -3.75. The van der Waals surface area contributed by atoms with Crippen LogP contribution in [0.3, 0.4) is 0 Å². The average Bonchev–Trinajstić information content (AvgIpc) is 2.75. The summed E-state index contributed by atoms with van der Waals surface area (Å²) in [4.78, 5) is 27.9. The second-order valence-electron chi connectivity index (χ2n) is 8.51. The molecule has 2 aromatic carbocycles. The van der Waals surface area contributed by atoms with Crippen LogP contribution in [-0.2, 0) is 26.2 Å². The van der Waals surface area contributed by atoms with Gasteiger partial charge in [-0.2, -0.15) is 0 Å². The molecule has 2 amide bonds. The Kier molecular flexibility index (Phi) is 9.05. The van der Waals surface area contributed by atoms with Gasteiger partial charge >= 0.3 is 0 Å². The number of anilines is 1. The number of amides is 2. The first-order chi connectivity index (χ1) is 15.5. The van der Waals surface area contributed by atoms with E-state index in [1.807, 2.05) is 76.2 Å². The van der Waals surface area contributed by atoms with Crippen molar-refractivity contribution in [2.24, 2.45) is 0 Å². The molecule has 0 saturated carbocycles. The summed E-state index contributed by atoms with van der Waals surface area (Å²) in [6.07, 6.45) is 1.85. The largest absolute Gasteiger partial charge is 0.352 e. The van der Waals surface area contributed by atoms with E-state index >= 15 is 0 Å². The van der Waals surface area contributed by atoms with Gasteiger partial charge in [0.2, 0.25) is 21.8 Å². The lowest BCUT2D eigenvalue weighted by molar-refractivity contribution is -0.139. The monoisotopic (exact) mass is 473 g/mol. The summed E-state index contributed by atoms with van der Waals surface area (Å²) in [6, 6.07) is 14.0. The molecule has 0 aromatic heterocycles. The normalized spacial score (nSPS) is 13.2. The van der Waals surface area contributed by atoms with Crippen molar-refractivity contribution in [1.29, 1.82) is 0 Å². The zero-order chi connectivity index (χ0) is 24.8. The molecule has 7 nitrogen and oxygen atoms in total. The van der Waals surface area contributed by atoms with Crippen molar-refractivity contribution < 1.29 is 18.0 Å². The van der Waals surface area contributed by atoms with Crippen LogP contribution >= 0.6 is 0 Å². The Balaban J connectivity index is 2.42. The van der Waals surface area contributed by atoms with Gasteiger partial charge in [-0.05, 0) is 50.8 Å². The molecule has 2 aromatic rings. The fourth-order valence-corrected chi connectivity index (χ4v) is 4.57. The van der Waals surface area contributed by atoms with Crippen molar-refractivity contribution in [2.75, 3.05) is 17.1 Å². The van der Waals surface area contributed by atoms with Gasteiger partial charge in [-0.1, -0.05) is 55.5 Å². The summed E-state index contributed by atoms with van der Waals surface area (Å²) in [5.41, 5.74) is 2.85. The number of rotatable bonds is 10. The SMILES string of the molecule is CCC(C)NC(=O)C(C)N(Cc1ccccc1)C(=O)CN(c1c(C)cccc1C)S(C)(=O)=O. The number of carbonyl (C=O) groups is 2. The Hall–Kier alpha value is -2.87. The van der Waals surface area contributed by atoms with E-state index in [9.17, 15) is 18.0 Å². The molecule has 33 heavy (non-hydrogen) atoms. The molecule has 0 fully saturated rings. The van der Waals surface area contributed by atoms with Gasteiger partial charge < -0.3 is 10.2 Å². The third-order valence-electron chi connectivity index (χ3n) is 5.73. The maximum Gasteiger partial charge on any atom is 0.244 e. The number of hydrogen-bond donors (Lipinski definition) is 1. The molecular formula is C25H35N3O4S. The van der Waals surface area contributed by atoms with Crippen LogP contribution in [0.25, 0.3) is 0 Å². The van der Waals surface area contributed by atoms with E-state index in [1.165, 1.54) is 4.90 Å². The number of nitrogens with zero attached hydrogens (tertiary/aromatic N) is 2. The third kappa shape index (κ3) is 7.05. The van der Waals surface area contributed by atoms with Gasteiger partial charge in [0.1, 0.15) is 12.6 Å². The number of hydrogen-bond acceptors (Lipinski definition) is 4. The van der Waals surface area contributed by atoms with E-state index in [0.29, 0.717) is 5.69 Å². The van der Waals surface area contributed by atoms with Crippen LogP contribution in [0.2, 0.25) is 0 Å². The van der Waals surface area contributed by atoms with Gasteiger partial charge in [-0.15, -0.1) is 0 Å². The summed E-state index contributed by atoms with van der Waals surface area (Å²) in [7, 11) is -3.75. The number of para-hydroxylation sites is 1. The Morgan fingerprint density at radius 2 is 1.55 bits per heavy atom. The molecule has 0 aliphatic heterocycles. The van der Waals surface area contributed by atoms with Crippen LogP contribution in [0.15, 0.2) is 48.5 Å². The molecule has 1 N–H and O–H groups in total. The topological polar surface area (TPSA) is 86.8 Å². The average molecular weight is 474 g/mol. The smallest absolute Gasteiger partial charge is 0.244 e. The van der Waals surface area contributed by atoms with Gasteiger partial charge in [0.25, 0.3) is 0 Å². The minimum absolute atomic E-state index is 0.0317. The predicted molar refractivity (Wildman–Crippen MR) is 132 cm³/mol. The Morgan fingerprint density at radius 3 is 2.06 bits per heavy atom. The molecular weight excluding hydrogens is 438 g/mol. The minimum Gasteiger partial charge on any atom is -0.352 e. The van der Waals surface area contributed by atoms with Crippen LogP contribution < -0.4 is 9.62 Å². The van der Waals surface area contributed by atoms with E-state index in [2.05, 4.69) is 5.32 Å². The highest BCUT2D eigenvalue weighted by atomic mass is 32.2. The van der Waals surface area contributed by atoms with Crippen LogP contribution in [0.5, 0.6) is 0 Å². The quantitative estimate of drug-likeness (QED) is 0.573. The predicted octanol–water partition coefficient (Wildman–Crippen LogP) is 3.40. The lowest BCUT2D eigenvalue weighted by Gasteiger charge is -2.32. The molecule has 0 spiro atoms. The Bertz CT molecular complexity index is 1050. The van der Waals surface area contributed by atoms with Gasteiger partial charge in [0.15, 0.2) is 0 Å². The van der Waals surface area contributed by atoms with Crippen molar-refractivity contribution >= 4 is 27.5 Å². The van der Waals surface area contributed by atoms with Gasteiger partial charge in [0.05, 0.1) is 11.9 Å². The highest BCUT2D eigenvalue weighted by Gasteiger charge is 2.31. The molecule has 2 rings (SSSR count). The highest BCUT2D eigenvalue weighted by Crippen LogP contribution is 2.27. The van der Waals surface area contributed by atoms with Crippen LogP contribution in [0.4, 0.5) is 5.69 Å². The summed E-state index contributed by atoms with van der Waals surface area (Å²) in [5, 5.41) is 2.92. The molecule has 180 valence electrons. The van der Waals surface area contributed by atoms with Gasteiger partial charge in [-0.25, -0.2) is 8.42 Å². The van der Waals surface area contributed by atoms with Crippen LogP contribution in [0, 0.1) is 13.8 Å². The molecule has 8 heteroatoms. The van der Waals surface area contributed by atoms with E-state index in [4.69, 9.17) is 0 Å². The van der Waals surface area contributed by atoms with E-state index < -0.39 is 28.5 Å². The third-order valence-corrected chi connectivity index (χ3v) is 6.84. The Morgan fingerprint density at radius 1 is 0.970 bits per heavy atom. The first-order valence-electron chi connectivity index (χ1n) is 11.1. The van der Waals surface area contributed by atoms with Crippen LogP contribution in [0.1, 0.15) is 43.9 Å². The van der Waals surface area contributed by atoms with E-state index in [-0.39, 0.29) is 18.5 Å². The Labute approximate surface area is 197 Å². The van der Waals surface area contributed by atoms with Crippen molar-refractivity contribution in [1.82, 2.24) is 10.2 Å². The summed E-state index contributed by atoms with van der Waals surface area (Å²) in [6.45, 7) is 8.97. The van der Waals surface area contributed by atoms with Crippen molar-refractivity contribution in [2.45, 2.75) is 59.7 Å². The fourth-order valence-electron chi connectivity index (χ4n) is 3.60. The molecule has 0 aliphatic carbocycles. The fraction of sp³-hybridized carbons (Fsp3) is 0.440. The zero-order valence-electron chi connectivity index (χ0n) is 20.3. The van der Waals surface area contributed by atoms with Crippen molar-refractivity contribution in [3.63, 3.8) is 0 Å². The standard InChI is InChI=1S/C25H35N3O4S/c1-7-20(4)26-25(30)21(5)27(16-22-14-9-8-10-15-22)23(29)17-28(33(6,31)32)24-18(2)12-11-13-19(24)3/h8-15,20-21H,7,16-17H2,1-6H3,(H,26,30). The highest BCUT2D eigenvalue weighted by molar-refractivity contribution is 7.92. The maximum atomic E-state index is 13.5. The number of benzene rings is 2. The second-order valence-corrected chi connectivity index (χ2v) is 10.4. The maximum absolute atomic E-state index is 13.5. The van der Waals surface area contributed by atoms with Crippen molar-refractivity contribution in [3.8, 4) is 0 Å². The summed E-state index contributed by atoms with van der Waals surface area (Å²) in [5.74, 6) is -0.717. The first-order valence-corrected chi connectivity index (χ1v) is 13.0. The van der Waals surface area contributed by atoms with Crippen LogP contribution in [-0.4, -0.2) is 50.0 Å². The van der Waals surface area contributed by atoms with Gasteiger partial charge in [0, 0.05) is 12.6 Å². The van der Waals surface area contributed by atoms with E-state index in [1.54, 1.807) is 6.92 Å².